The van der Waals surface area contributed by atoms with Crippen molar-refractivity contribution in [2.75, 3.05) is 32.8 Å². The van der Waals surface area contributed by atoms with E-state index in [1.165, 1.54) is 5.56 Å². The van der Waals surface area contributed by atoms with Crippen LogP contribution in [-0.2, 0) is 4.74 Å². The zero-order valence-corrected chi connectivity index (χ0v) is 14.8. The topological polar surface area (TPSA) is 21.7 Å². The Bertz CT molecular complexity index is 638. The van der Waals surface area contributed by atoms with Crippen LogP contribution in [0.4, 0.5) is 0 Å². The van der Waals surface area contributed by atoms with Crippen LogP contribution in [0.2, 0.25) is 5.02 Å². The summed E-state index contributed by atoms with van der Waals surface area (Å²) in [4.78, 5) is 2.48. The highest BCUT2D eigenvalue weighted by Crippen LogP contribution is 2.30. The van der Waals surface area contributed by atoms with Crippen molar-refractivity contribution in [3.8, 4) is 11.5 Å². The summed E-state index contributed by atoms with van der Waals surface area (Å²) in [5.41, 5.74) is 1.34. The van der Waals surface area contributed by atoms with E-state index in [9.17, 15) is 0 Å². The summed E-state index contributed by atoms with van der Waals surface area (Å²) in [5.74, 6) is 2.03. The molecule has 1 unspecified atom stereocenters. The molecule has 1 heterocycles. The van der Waals surface area contributed by atoms with Gasteiger partial charge in [0.25, 0.3) is 0 Å². The van der Waals surface area contributed by atoms with Crippen LogP contribution in [0.3, 0.4) is 0 Å². The molecule has 0 aromatic heterocycles. The molecule has 128 valence electrons. The normalized spacial score (nSPS) is 16.8. The van der Waals surface area contributed by atoms with Crippen LogP contribution in [0, 0.1) is 0 Å². The molecule has 1 atom stereocenters. The molecule has 2 aromatic carbocycles. The Labute approximate surface area is 149 Å². The third-order valence-corrected chi connectivity index (χ3v) is 4.81. The molecular weight excluding hydrogens is 322 g/mol. The number of halogens is 1. The van der Waals surface area contributed by atoms with E-state index in [-0.39, 0.29) is 0 Å². The fourth-order valence-electron chi connectivity index (χ4n) is 2.89. The average Bonchev–Trinajstić information content (AvgIpc) is 2.63. The molecule has 3 nitrogen and oxygen atoms in total. The van der Waals surface area contributed by atoms with E-state index in [0.717, 1.165) is 45.0 Å². The van der Waals surface area contributed by atoms with Crippen LogP contribution in [0.5, 0.6) is 11.5 Å². The van der Waals surface area contributed by atoms with Crippen molar-refractivity contribution in [1.82, 2.24) is 4.90 Å². The van der Waals surface area contributed by atoms with Gasteiger partial charge in [0.05, 0.1) is 18.2 Å². The number of hydrogen-bond donors (Lipinski definition) is 0. The molecule has 1 fully saturated rings. The van der Waals surface area contributed by atoms with Gasteiger partial charge in [-0.2, -0.15) is 0 Å². The van der Waals surface area contributed by atoms with Gasteiger partial charge >= 0.3 is 0 Å². The van der Waals surface area contributed by atoms with Gasteiger partial charge in [-0.1, -0.05) is 42.8 Å². The Morgan fingerprint density at radius 1 is 1.08 bits per heavy atom. The third-order valence-electron chi connectivity index (χ3n) is 4.50. The van der Waals surface area contributed by atoms with E-state index in [1.807, 2.05) is 36.4 Å². The van der Waals surface area contributed by atoms with Gasteiger partial charge in [-0.3, -0.25) is 4.90 Å². The lowest BCUT2D eigenvalue weighted by Crippen LogP contribution is -2.37. The number of nitrogens with zero attached hydrogens (tertiary/aromatic N) is 1. The zero-order chi connectivity index (χ0) is 16.8. The largest absolute Gasteiger partial charge is 0.456 e. The molecule has 24 heavy (non-hydrogen) atoms. The van der Waals surface area contributed by atoms with E-state index in [0.29, 0.717) is 16.7 Å². The molecular formula is C20H24ClNO2. The summed E-state index contributed by atoms with van der Waals surface area (Å²) >= 11 is 6.13. The van der Waals surface area contributed by atoms with Crippen molar-refractivity contribution >= 4 is 11.6 Å². The summed E-state index contributed by atoms with van der Waals surface area (Å²) in [6, 6.07) is 15.9. The second kappa shape index (κ2) is 8.52. The van der Waals surface area contributed by atoms with Crippen LogP contribution < -0.4 is 4.74 Å². The standard InChI is InChI=1S/C20H24ClNO2/c1-16(10-11-22-12-14-23-15-13-22)17-6-8-18(9-7-17)24-20-5-3-2-4-19(20)21/h2-9,16H,10-15H2,1H3. The van der Waals surface area contributed by atoms with Crippen LogP contribution in [0.15, 0.2) is 48.5 Å². The van der Waals surface area contributed by atoms with Crippen molar-refractivity contribution in [3.05, 3.63) is 59.1 Å². The maximum absolute atomic E-state index is 6.13. The monoisotopic (exact) mass is 345 g/mol. The first-order valence-electron chi connectivity index (χ1n) is 8.55. The van der Waals surface area contributed by atoms with Gasteiger partial charge in [-0.25, -0.2) is 0 Å². The predicted octanol–water partition coefficient (Wildman–Crippen LogP) is 4.96. The lowest BCUT2D eigenvalue weighted by atomic mass is 9.97. The molecule has 1 aliphatic rings. The van der Waals surface area contributed by atoms with Crippen molar-refractivity contribution < 1.29 is 9.47 Å². The maximum atomic E-state index is 6.13. The molecule has 0 aliphatic carbocycles. The molecule has 0 saturated carbocycles. The quantitative estimate of drug-likeness (QED) is 0.738. The summed E-state index contributed by atoms with van der Waals surface area (Å²) in [6.45, 7) is 7.24. The van der Waals surface area contributed by atoms with Crippen molar-refractivity contribution in [2.45, 2.75) is 19.3 Å². The Balaban J connectivity index is 1.54. The van der Waals surface area contributed by atoms with Gasteiger partial charge < -0.3 is 9.47 Å². The van der Waals surface area contributed by atoms with Crippen LogP contribution in [0.1, 0.15) is 24.8 Å². The minimum absolute atomic E-state index is 0.530. The van der Waals surface area contributed by atoms with E-state index >= 15 is 0 Å². The molecule has 3 rings (SSSR count). The van der Waals surface area contributed by atoms with Gasteiger partial charge in [0.15, 0.2) is 0 Å². The average molecular weight is 346 g/mol. The first-order chi connectivity index (χ1) is 11.7. The number of benzene rings is 2. The Kier molecular flexibility index (Phi) is 6.13. The van der Waals surface area contributed by atoms with Gasteiger partial charge in [0.2, 0.25) is 0 Å². The fourth-order valence-corrected chi connectivity index (χ4v) is 3.06. The number of ether oxygens (including phenoxy) is 2. The first kappa shape index (κ1) is 17.3. The van der Waals surface area contributed by atoms with Gasteiger partial charge in [0, 0.05) is 13.1 Å². The van der Waals surface area contributed by atoms with Gasteiger partial charge in [-0.05, 0) is 48.7 Å². The number of para-hydroxylation sites is 1. The van der Waals surface area contributed by atoms with Crippen LogP contribution >= 0.6 is 11.6 Å². The summed E-state index contributed by atoms with van der Waals surface area (Å²) < 4.78 is 11.2. The highest BCUT2D eigenvalue weighted by atomic mass is 35.5. The number of hydrogen-bond acceptors (Lipinski definition) is 3. The van der Waals surface area contributed by atoms with Gasteiger partial charge in [-0.15, -0.1) is 0 Å². The fraction of sp³-hybridized carbons (Fsp3) is 0.400. The maximum Gasteiger partial charge on any atom is 0.146 e. The molecule has 1 aliphatic heterocycles. The second-order valence-electron chi connectivity index (χ2n) is 6.25. The minimum Gasteiger partial charge on any atom is -0.456 e. The molecule has 2 aromatic rings. The summed E-state index contributed by atoms with van der Waals surface area (Å²) in [7, 11) is 0. The smallest absolute Gasteiger partial charge is 0.146 e. The molecule has 0 bridgehead atoms. The van der Waals surface area contributed by atoms with E-state index < -0.39 is 0 Å². The lowest BCUT2D eigenvalue weighted by Gasteiger charge is -2.27. The first-order valence-corrected chi connectivity index (χ1v) is 8.92. The van der Waals surface area contributed by atoms with E-state index in [4.69, 9.17) is 21.1 Å². The zero-order valence-electron chi connectivity index (χ0n) is 14.1. The number of morpholine rings is 1. The molecule has 0 amide bonds. The Hall–Kier alpha value is -1.55. The molecule has 1 saturated heterocycles. The summed E-state index contributed by atoms with van der Waals surface area (Å²) in [6.07, 6.45) is 1.16. The molecule has 4 heteroatoms. The SMILES string of the molecule is CC(CCN1CCOCC1)c1ccc(Oc2ccccc2Cl)cc1. The van der Waals surface area contributed by atoms with Crippen LogP contribution in [-0.4, -0.2) is 37.7 Å². The lowest BCUT2D eigenvalue weighted by molar-refractivity contribution is 0.0367. The van der Waals surface area contributed by atoms with Gasteiger partial charge in [0.1, 0.15) is 11.5 Å². The molecule has 0 radical (unpaired) electrons. The highest BCUT2D eigenvalue weighted by Gasteiger charge is 2.13. The predicted molar refractivity (Wildman–Crippen MR) is 98.3 cm³/mol. The van der Waals surface area contributed by atoms with Crippen molar-refractivity contribution in [3.63, 3.8) is 0 Å². The van der Waals surface area contributed by atoms with Crippen LogP contribution in [0.25, 0.3) is 0 Å². The molecule has 0 spiro atoms. The number of rotatable bonds is 6. The third kappa shape index (κ3) is 4.73. The van der Waals surface area contributed by atoms with E-state index in [2.05, 4.69) is 24.0 Å². The minimum atomic E-state index is 0.530. The van der Waals surface area contributed by atoms with Crippen molar-refractivity contribution in [1.29, 1.82) is 0 Å². The molecule has 0 N–H and O–H groups in total. The Morgan fingerprint density at radius 2 is 1.79 bits per heavy atom. The Morgan fingerprint density at radius 3 is 2.50 bits per heavy atom. The summed E-state index contributed by atoms with van der Waals surface area (Å²) in [5, 5.41) is 0.625. The highest BCUT2D eigenvalue weighted by molar-refractivity contribution is 6.32. The van der Waals surface area contributed by atoms with Crippen molar-refractivity contribution in [2.24, 2.45) is 0 Å². The van der Waals surface area contributed by atoms with E-state index in [1.54, 1.807) is 0 Å². The second-order valence-corrected chi connectivity index (χ2v) is 6.65.